The molecule has 1 atom stereocenters. The van der Waals surface area contributed by atoms with Crippen LogP contribution in [0.3, 0.4) is 0 Å². The number of hydrogen-bond donors (Lipinski definition) is 1. The van der Waals surface area contributed by atoms with Crippen LogP contribution in [-0.4, -0.2) is 16.5 Å². The van der Waals surface area contributed by atoms with Gasteiger partial charge in [0, 0.05) is 0 Å². The summed E-state index contributed by atoms with van der Waals surface area (Å²) in [6, 6.07) is 0.384. The van der Waals surface area contributed by atoms with Crippen LogP contribution >= 0.6 is 11.6 Å². The van der Waals surface area contributed by atoms with Crippen molar-refractivity contribution in [2.45, 2.75) is 18.9 Å². The van der Waals surface area contributed by atoms with Gasteiger partial charge in [0.1, 0.15) is 5.15 Å². The molecule has 1 aliphatic rings. The number of aromatic nitrogens is 2. The topological polar surface area (TPSA) is 37.8 Å². The molecule has 0 aliphatic carbocycles. The minimum absolute atomic E-state index is 0.384. The first kappa shape index (κ1) is 7.95. The fourth-order valence-corrected chi connectivity index (χ4v) is 1.54. The van der Waals surface area contributed by atoms with E-state index in [1.807, 2.05) is 0 Å². The lowest BCUT2D eigenvalue weighted by Gasteiger charge is -2.07. The van der Waals surface area contributed by atoms with Gasteiger partial charge in [0.15, 0.2) is 0 Å². The van der Waals surface area contributed by atoms with Gasteiger partial charge in [-0.15, -0.1) is 0 Å². The zero-order chi connectivity index (χ0) is 8.39. The fourth-order valence-electron chi connectivity index (χ4n) is 1.44. The predicted octanol–water partition coefficient (Wildman–Crippen LogP) is 1.55. The van der Waals surface area contributed by atoms with Crippen molar-refractivity contribution < 1.29 is 0 Å². The number of rotatable bonds is 1. The molecule has 64 valence electrons. The van der Waals surface area contributed by atoms with Gasteiger partial charge in [0.25, 0.3) is 0 Å². The Morgan fingerprint density at radius 2 is 2.33 bits per heavy atom. The summed E-state index contributed by atoms with van der Waals surface area (Å²) in [6.07, 6.45) is 5.70. The van der Waals surface area contributed by atoms with Gasteiger partial charge in [-0.3, -0.25) is 4.98 Å². The molecule has 0 spiro atoms. The number of hydrogen-bond acceptors (Lipinski definition) is 3. The zero-order valence-corrected chi connectivity index (χ0v) is 7.38. The number of nitrogens with one attached hydrogen (secondary N) is 1. The highest BCUT2D eigenvalue weighted by molar-refractivity contribution is 6.29. The first-order chi connectivity index (χ1) is 5.86. The molecular formula is C8H10ClN3. The molecule has 0 saturated carbocycles. The monoisotopic (exact) mass is 183 g/mol. The van der Waals surface area contributed by atoms with Crippen LogP contribution in [0.2, 0.25) is 5.15 Å². The van der Waals surface area contributed by atoms with Crippen LogP contribution in [0.1, 0.15) is 24.6 Å². The standard InChI is InChI=1S/C8H10ClN3/c9-8-5-11-7(4-12-8)6-2-1-3-10-6/h4-6,10H,1-3H2. The second kappa shape index (κ2) is 3.37. The molecule has 1 aromatic heterocycles. The molecule has 0 amide bonds. The highest BCUT2D eigenvalue weighted by Crippen LogP contribution is 2.20. The summed E-state index contributed by atoms with van der Waals surface area (Å²) >= 11 is 5.62. The Balaban J connectivity index is 2.17. The number of nitrogens with zero attached hydrogens (tertiary/aromatic N) is 2. The zero-order valence-electron chi connectivity index (χ0n) is 6.63. The van der Waals surface area contributed by atoms with E-state index >= 15 is 0 Å². The van der Waals surface area contributed by atoms with Gasteiger partial charge in [-0.25, -0.2) is 4.98 Å². The van der Waals surface area contributed by atoms with Crippen LogP contribution in [0.15, 0.2) is 12.4 Å². The van der Waals surface area contributed by atoms with Gasteiger partial charge in [-0.05, 0) is 19.4 Å². The van der Waals surface area contributed by atoms with Gasteiger partial charge < -0.3 is 5.32 Å². The maximum atomic E-state index is 5.62. The molecule has 1 unspecified atom stereocenters. The van der Waals surface area contributed by atoms with Gasteiger partial charge in [0.05, 0.1) is 24.1 Å². The normalized spacial score (nSPS) is 22.9. The first-order valence-electron chi connectivity index (χ1n) is 4.07. The van der Waals surface area contributed by atoms with Gasteiger partial charge in [-0.1, -0.05) is 11.6 Å². The maximum Gasteiger partial charge on any atom is 0.147 e. The van der Waals surface area contributed by atoms with Crippen molar-refractivity contribution in [3.63, 3.8) is 0 Å². The van der Waals surface area contributed by atoms with Gasteiger partial charge >= 0.3 is 0 Å². The Kier molecular flexibility index (Phi) is 2.23. The molecule has 0 aromatic carbocycles. The first-order valence-corrected chi connectivity index (χ1v) is 4.45. The molecule has 1 N–H and O–H groups in total. The third-order valence-corrected chi connectivity index (χ3v) is 2.25. The molecule has 4 heteroatoms. The second-order valence-corrected chi connectivity index (χ2v) is 3.30. The lowest BCUT2D eigenvalue weighted by Crippen LogP contribution is -2.14. The molecule has 1 saturated heterocycles. The smallest absolute Gasteiger partial charge is 0.147 e. The largest absolute Gasteiger partial charge is 0.309 e. The molecule has 0 radical (unpaired) electrons. The summed E-state index contributed by atoms with van der Waals surface area (Å²) in [4.78, 5) is 8.19. The molecule has 0 bridgehead atoms. The molecule has 1 aliphatic heterocycles. The van der Waals surface area contributed by atoms with Gasteiger partial charge in [-0.2, -0.15) is 0 Å². The van der Waals surface area contributed by atoms with E-state index in [1.54, 1.807) is 12.4 Å². The van der Waals surface area contributed by atoms with Crippen molar-refractivity contribution in [1.29, 1.82) is 0 Å². The fraction of sp³-hybridized carbons (Fsp3) is 0.500. The average Bonchev–Trinajstić information content (AvgIpc) is 2.58. The van der Waals surface area contributed by atoms with Gasteiger partial charge in [0.2, 0.25) is 0 Å². The van der Waals surface area contributed by atoms with Crippen molar-refractivity contribution in [2.24, 2.45) is 0 Å². The Bertz CT molecular complexity index is 254. The van der Waals surface area contributed by atoms with Crippen molar-refractivity contribution >= 4 is 11.6 Å². The van der Waals surface area contributed by atoms with E-state index in [2.05, 4.69) is 15.3 Å². The lowest BCUT2D eigenvalue weighted by atomic mass is 10.2. The quantitative estimate of drug-likeness (QED) is 0.718. The van der Waals surface area contributed by atoms with Crippen LogP contribution in [0.5, 0.6) is 0 Å². The van der Waals surface area contributed by atoms with E-state index in [0.717, 1.165) is 18.7 Å². The lowest BCUT2D eigenvalue weighted by molar-refractivity contribution is 0.624. The van der Waals surface area contributed by atoms with Crippen molar-refractivity contribution in [3.05, 3.63) is 23.2 Å². The molecular weight excluding hydrogens is 174 g/mol. The van der Waals surface area contributed by atoms with E-state index < -0.39 is 0 Å². The Labute approximate surface area is 76.2 Å². The molecule has 1 aromatic rings. The third-order valence-electron chi connectivity index (χ3n) is 2.06. The van der Waals surface area contributed by atoms with Crippen molar-refractivity contribution in [2.75, 3.05) is 6.54 Å². The minimum atomic E-state index is 0.384. The Hall–Kier alpha value is -0.670. The summed E-state index contributed by atoms with van der Waals surface area (Å²) in [6.45, 7) is 1.08. The highest BCUT2D eigenvalue weighted by Gasteiger charge is 2.17. The molecule has 1 fully saturated rings. The molecule has 3 nitrogen and oxygen atoms in total. The highest BCUT2D eigenvalue weighted by atomic mass is 35.5. The second-order valence-electron chi connectivity index (χ2n) is 2.91. The van der Waals surface area contributed by atoms with E-state index in [4.69, 9.17) is 11.6 Å². The van der Waals surface area contributed by atoms with Crippen LogP contribution in [0, 0.1) is 0 Å². The summed E-state index contributed by atoms with van der Waals surface area (Å²) < 4.78 is 0. The van der Waals surface area contributed by atoms with E-state index in [1.165, 1.54) is 6.42 Å². The Morgan fingerprint density at radius 1 is 1.42 bits per heavy atom. The number of halogens is 1. The van der Waals surface area contributed by atoms with Crippen LogP contribution in [-0.2, 0) is 0 Å². The SMILES string of the molecule is Clc1cnc(C2CCCN2)cn1. The van der Waals surface area contributed by atoms with E-state index in [0.29, 0.717) is 11.2 Å². The summed E-state index contributed by atoms with van der Waals surface area (Å²) in [5.74, 6) is 0. The minimum Gasteiger partial charge on any atom is -0.309 e. The third kappa shape index (κ3) is 1.57. The van der Waals surface area contributed by atoms with Crippen molar-refractivity contribution in [3.8, 4) is 0 Å². The maximum absolute atomic E-state index is 5.62. The van der Waals surface area contributed by atoms with Crippen LogP contribution in [0.4, 0.5) is 0 Å². The van der Waals surface area contributed by atoms with E-state index in [9.17, 15) is 0 Å². The van der Waals surface area contributed by atoms with E-state index in [-0.39, 0.29) is 0 Å². The average molecular weight is 184 g/mol. The molecule has 2 rings (SSSR count). The summed E-state index contributed by atoms with van der Waals surface area (Å²) in [5, 5.41) is 3.80. The Morgan fingerprint density at radius 3 is 2.92 bits per heavy atom. The summed E-state index contributed by atoms with van der Waals surface area (Å²) in [7, 11) is 0. The molecule has 12 heavy (non-hydrogen) atoms. The predicted molar refractivity (Wildman–Crippen MR) is 47.0 cm³/mol. The summed E-state index contributed by atoms with van der Waals surface area (Å²) in [5.41, 5.74) is 0.997. The van der Waals surface area contributed by atoms with Crippen molar-refractivity contribution in [1.82, 2.24) is 15.3 Å². The molecule has 2 heterocycles. The van der Waals surface area contributed by atoms with Crippen LogP contribution < -0.4 is 5.32 Å². The van der Waals surface area contributed by atoms with Crippen LogP contribution in [0.25, 0.3) is 0 Å².